The number of para-hydroxylation sites is 1. The highest BCUT2D eigenvalue weighted by atomic mass is 16.5. The van der Waals surface area contributed by atoms with Gasteiger partial charge in [-0.05, 0) is 32.5 Å². The van der Waals surface area contributed by atoms with E-state index in [1.165, 1.54) is 17.7 Å². The average Bonchev–Trinajstić information content (AvgIpc) is 2.73. The first-order valence-electron chi connectivity index (χ1n) is 10.1. The molecule has 150 valence electrons. The first kappa shape index (κ1) is 19.2. The molecule has 0 spiro atoms. The zero-order chi connectivity index (χ0) is 19.5. The van der Waals surface area contributed by atoms with Gasteiger partial charge in [-0.3, -0.25) is 4.90 Å². The van der Waals surface area contributed by atoms with Crippen LogP contribution in [0.4, 0.5) is 0 Å². The summed E-state index contributed by atoms with van der Waals surface area (Å²) in [7, 11) is 5.55. The van der Waals surface area contributed by atoms with Crippen LogP contribution in [-0.4, -0.2) is 60.7 Å². The van der Waals surface area contributed by atoms with Gasteiger partial charge >= 0.3 is 0 Å². The molecule has 0 aliphatic carbocycles. The van der Waals surface area contributed by atoms with E-state index < -0.39 is 0 Å². The number of piperidine rings is 1. The Morgan fingerprint density at radius 3 is 2.89 bits per heavy atom. The summed E-state index contributed by atoms with van der Waals surface area (Å²) in [6.07, 6.45) is 5.40. The number of aromatic nitrogens is 2. The van der Waals surface area contributed by atoms with Crippen LogP contribution in [-0.2, 0) is 19.5 Å². The normalized spacial score (nSPS) is 20.6. The summed E-state index contributed by atoms with van der Waals surface area (Å²) in [4.78, 5) is 14.5. The Balaban J connectivity index is 1.48. The van der Waals surface area contributed by atoms with E-state index in [-0.39, 0.29) is 0 Å². The van der Waals surface area contributed by atoms with Gasteiger partial charge in [0.15, 0.2) is 11.5 Å². The van der Waals surface area contributed by atoms with E-state index >= 15 is 0 Å². The highest BCUT2D eigenvalue weighted by Crippen LogP contribution is 2.33. The molecule has 0 bridgehead atoms. The van der Waals surface area contributed by atoms with Gasteiger partial charge in [-0.15, -0.1) is 0 Å². The fourth-order valence-corrected chi connectivity index (χ4v) is 4.40. The van der Waals surface area contributed by atoms with Gasteiger partial charge in [0.2, 0.25) is 0 Å². The second kappa shape index (κ2) is 8.45. The molecule has 28 heavy (non-hydrogen) atoms. The fraction of sp³-hybridized carbons (Fsp3) is 0.545. The maximum atomic E-state index is 5.61. The summed E-state index contributed by atoms with van der Waals surface area (Å²) < 4.78 is 11.1. The second-order valence-corrected chi connectivity index (χ2v) is 7.91. The Labute approximate surface area is 167 Å². The van der Waals surface area contributed by atoms with E-state index in [2.05, 4.69) is 29.1 Å². The first-order valence-corrected chi connectivity index (χ1v) is 10.1. The van der Waals surface area contributed by atoms with Gasteiger partial charge in [0.05, 0.1) is 14.2 Å². The molecule has 6 nitrogen and oxygen atoms in total. The van der Waals surface area contributed by atoms with Crippen molar-refractivity contribution in [1.82, 2.24) is 19.8 Å². The Morgan fingerprint density at radius 1 is 1.18 bits per heavy atom. The summed E-state index contributed by atoms with van der Waals surface area (Å²) in [5, 5.41) is 0. The summed E-state index contributed by atoms with van der Waals surface area (Å²) in [6.45, 7) is 4.97. The van der Waals surface area contributed by atoms with E-state index in [9.17, 15) is 0 Å². The number of rotatable bonds is 5. The number of likely N-dealkylation sites (N-methyl/N-ethyl adjacent to an activating group) is 1. The molecule has 0 N–H and O–H groups in total. The Bertz CT molecular complexity index is 826. The second-order valence-electron chi connectivity index (χ2n) is 7.91. The van der Waals surface area contributed by atoms with Gasteiger partial charge in [0.1, 0.15) is 5.82 Å². The Kier molecular flexibility index (Phi) is 5.78. The quantitative estimate of drug-likeness (QED) is 0.793. The van der Waals surface area contributed by atoms with Gasteiger partial charge in [-0.25, -0.2) is 9.97 Å². The zero-order valence-electron chi connectivity index (χ0n) is 17.1. The first-order chi connectivity index (χ1) is 13.7. The lowest BCUT2D eigenvalue weighted by Crippen LogP contribution is -2.35. The molecule has 1 atom stereocenters. The van der Waals surface area contributed by atoms with Crippen molar-refractivity contribution in [2.75, 3.05) is 40.9 Å². The molecular weight excluding hydrogens is 352 g/mol. The summed E-state index contributed by atoms with van der Waals surface area (Å²) in [5.41, 5.74) is 3.69. The summed E-state index contributed by atoms with van der Waals surface area (Å²) in [6, 6.07) is 6.10. The topological polar surface area (TPSA) is 50.7 Å². The van der Waals surface area contributed by atoms with Crippen LogP contribution < -0.4 is 9.47 Å². The van der Waals surface area contributed by atoms with Gasteiger partial charge < -0.3 is 14.4 Å². The minimum Gasteiger partial charge on any atom is -0.493 e. The molecule has 6 heteroatoms. The third kappa shape index (κ3) is 3.98. The molecule has 4 rings (SSSR count). The third-order valence-electron chi connectivity index (χ3n) is 5.89. The van der Waals surface area contributed by atoms with Gasteiger partial charge in [-0.2, -0.15) is 0 Å². The number of ether oxygens (including phenoxy) is 2. The van der Waals surface area contributed by atoms with Crippen LogP contribution in [0.15, 0.2) is 24.4 Å². The maximum absolute atomic E-state index is 5.61. The summed E-state index contributed by atoms with van der Waals surface area (Å²) in [5.74, 6) is 3.04. The zero-order valence-corrected chi connectivity index (χ0v) is 17.1. The van der Waals surface area contributed by atoms with Crippen molar-refractivity contribution in [3.05, 3.63) is 47.0 Å². The van der Waals surface area contributed by atoms with Crippen molar-refractivity contribution in [2.45, 2.75) is 38.3 Å². The molecule has 2 aliphatic heterocycles. The minimum absolute atomic E-state index is 0.398. The van der Waals surface area contributed by atoms with Crippen LogP contribution in [0.1, 0.15) is 41.4 Å². The minimum atomic E-state index is 0.398. The molecule has 0 unspecified atom stereocenters. The van der Waals surface area contributed by atoms with Crippen molar-refractivity contribution in [1.29, 1.82) is 0 Å². The van der Waals surface area contributed by atoms with Crippen LogP contribution >= 0.6 is 0 Å². The monoisotopic (exact) mass is 382 g/mol. The van der Waals surface area contributed by atoms with Crippen LogP contribution in [0, 0.1) is 0 Å². The van der Waals surface area contributed by atoms with E-state index in [0.29, 0.717) is 5.92 Å². The lowest BCUT2D eigenvalue weighted by Gasteiger charge is -2.33. The SMILES string of the molecule is COc1cccc(CN2CCC[C@@H](c3ncc4c(n3)CCN(C)C4)C2)c1OC. The molecule has 0 saturated carbocycles. The van der Waals surface area contributed by atoms with Gasteiger partial charge in [0.25, 0.3) is 0 Å². The van der Waals surface area contributed by atoms with E-state index in [1.54, 1.807) is 14.2 Å². The molecule has 1 aromatic heterocycles. The Hall–Kier alpha value is -2.18. The molecule has 1 aromatic carbocycles. The highest BCUT2D eigenvalue weighted by molar-refractivity contribution is 5.46. The van der Waals surface area contributed by atoms with E-state index in [0.717, 1.165) is 68.5 Å². The third-order valence-corrected chi connectivity index (χ3v) is 5.89. The van der Waals surface area contributed by atoms with Gasteiger partial charge in [0, 0.05) is 61.5 Å². The maximum Gasteiger partial charge on any atom is 0.165 e. The van der Waals surface area contributed by atoms with Crippen molar-refractivity contribution in [2.24, 2.45) is 0 Å². The molecule has 1 fully saturated rings. The molecule has 2 aliphatic rings. The van der Waals surface area contributed by atoms with E-state index in [4.69, 9.17) is 19.4 Å². The number of methoxy groups -OCH3 is 2. The van der Waals surface area contributed by atoms with E-state index in [1.807, 2.05) is 12.1 Å². The predicted molar refractivity (Wildman–Crippen MR) is 109 cm³/mol. The summed E-state index contributed by atoms with van der Waals surface area (Å²) >= 11 is 0. The van der Waals surface area contributed by atoms with Crippen molar-refractivity contribution >= 4 is 0 Å². The smallest absolute Gasteiger partial charge is 0.165 e. The molecular formula is C22H30N4O2. The predicted octanol–water partition coefficient (Wildman–Crippen LogP) is 2.86. The van der Waals surface area contributed by atoms with Crippen LogP contribution in [0.25, 0.3) is 0 Å². The number of hydrogen-bond acceptors (Lipinski definition) is 6. The standard InChI is InChI=1S/C22H30N4O2/c1-25-11-9-19-18(13-25)12-23-22(24-19)17-7-5-10-26(15-17)14-16-6-4-8-20(27-2)21(16)28-3/h4,6,8,12,17H,5,7,9-11,13-15H2,1-3H3/t17-/m1/s1. The van der Waals surface area contributed by atoms with Crippen molar-refractivity contribution in [3.63, 3.8) is 0 Å². The largest absolute Gasteiger partial charge is 0.493 e. The molecule has 2 aromatic rings. The Morgan fingerprint density at radius 2 is 2.07 bits per heavy atom. The molecule has 0 radical (unpaired) electrons. The number of hydrogen-bond donors (Lipinski definition) is 0. The lowest BCUT2D eigenvalue weighted by atomic mass is 9.96. The van der Waals surface area contributed by atoms with Crippen LogP contribution in [0.2, 0.25) is 0 Å². The van der Waals surface area contributed by atoms with Crippen LogP contribution in [0.3, 0.4) is 0 Å². The highest BCUT2D eigenvalue weighted by Gasteiger charge is 2.26. The number of nitrogens with zero attached hydrogens (tertiary/aromatic N) is 4. The van der Waals surface area contributed by atoms with Crippen molar-refractivity contribution < 1.29 is 9.47 Å². The lowest BCUT2D eigenvalue weighted by molar-refractivity contribution is 0.193. The molecule has 1 saturated heterocycles. The fourth-order valence-electron chi connectivity index (χ4n) is 4.40. The number of likely N-dealkylation sites (tertiary alicyclic amines) is 1. The number of fused-ring (bicyclic) bond motifs is 1. The van der Waals surface area contributed by atoms with Crippen molar-refractivity contribution in [3.8, 4) is 11.5 Å². The number of benzene rings is 1. The van der Waals surface area contributed by atoms with Gasteiger partial charge in [-0.1, -0.05) is 12.1 Å². The average molecular weight is 383 g/mol. The molecule has 3 heterocycles. The van der Waals surface area contributed by atoms with Crippen LogP contribution in [0.5, 0.6) is 11.5 Å². The molecule has 0 amide bonds.